The summed E-state index contributed by atoms with van der Waals surface area (Å²) in [5.74, 6) is -0.447. The second-order valence-electron chi connectivity index (χ2n) is 6.08. The van der Waals surface area contributed by atoms with E-state index in [0.717, 1.165) is 9.79 Å². The Morgan fingerprint density at radius 3 is 2.33 bits per heavy atom. The minimum atomic E-state index is -0.673. The molecular weight excluding hydrogens is 402 g/mol. The number of anilines is 1. The molecule has 0 heterocycles. The number of methoxy groups -OCH3 is 2. The average Bonchev–Trinajstić information content (AvgIpc) is 2.78. The normalized spacial score (nSPS) is 10.2. The smallest absolute Gasteiger partial charge is 0.342 e. The molecule has 0 bridgehead atoms. The van der Waals surface area contributed by atoms with Gasteiger partial charge in [-0.05, 0) is 36.4 Å². The van der Waals surface area contributed by atoms with Crippen LogP contribution in [0.25, 0.3) is 0 Å². The van der Waals surface area contributed by atoms with E-state index in [0.29, 0.717) is 11.4 Å². The molecule has 0 aliphatic rings. The molecule has 0 aliphatic carbocycles. The first-order valence-electron chi connectivity index (χ1n) is 9.12. The maximum Gasteiger partial charge on any atom is 0.342 e. The fraction of sp³-hybridized carbons (Fsp3) is 0.130. The third kappa shape index (κ3) is 5.33. The number of nitrogens with one attached hydrogen (secondary N) is 1. The number of esters is 1. The standard InChI is InChI=1S/C23H21NO5S/c1-27-19-13-8-11-17(22(19)28-2)23(26)29-15-21(25)24-18-12-6-7-14-20(18)30-16-9-4-3-5-10-16/h3-14H,15H2,1-2H3,(H,24,25). The Bertz CT molecular complexity index is 1020. The van der Waals surface area contributed by atoms with E-state index >= 15 is 0 Å². The highest BCUT2D eigenvalue weighted by molar-refractivity contribution is 7.99. The van der Waals surface area contributed by atoms with Gasteiger partial charge in [-0.2, -0.15) is 0 Å². The van der Waals surface area contributed by atoms with E-state index < -0.39 is 18.5 Å². The van der Waals surface area contributed by atoms with E-state index in [-0.39, 0.29) is 11.3 Å². The molecular formula is C23H21NO5S. The summed E-state index contributed by atoms with van der Waals surface area (Å²) in [4.78, 5) is 26.7. The highest BCUT2D eigenvalue weighted by Crippen LogP contribution is 2.33. The molecule has 0 atom stereocenters. The molecule has 0 saturated carbocycles. The van der Waals surface area contributed by atoms with Crippen LogP contribution in [0, 0.1) is 0 Å². The lowest BCUT2D eigenvalue weighted by Crippen LogP contribution is -2.21. The Balaban J connectivity index is 1.64. The Kier molecular flexibility index (Phi) is 7.34. The highest BCUT2D eigenvalue weighted by atomic mass is 32.2. The number of amides is 1. The molecule has 0 saturated heterocycles. The van der Waals surface area contributed by atoms with Gasteiger partial charge >= 0.3 is 5.97 Å². The third-order valence-corrected chi connectivity index (χ3v) is 5.17. The monoisotopic (exact) mass is 423 g/mol. The molecule has 0 aliphatic heterocycles. The number of rotatable bonds is 8. The van der Waals surface area contributed by atoms with Crippen molar-refractivity contribution in [2.75, 3.05) is 26.1 Å². The maximum atomic E-state index is 12.4. The van der Waals surface area contributed by atoms with Crippen molar-refractivity contribution in [3.63, 3.8) is 0 Å². The number of ether oxygens (including phenoxy) is 3. The summed E-state index contributed by atoms with van der Waals surface area (Å²) >= 11 is 1.53. The summed E-state index contributed by atoms with van der Waals surface area (Å²) in [6.07, 6.45) is 0. The minimum Gasteiger partial charge on any atom is -0.493 e. The first kappa shape index (κ1) is 21.3. The Morgan fingerprint density at radius 1 is 0.867 bits per heavy atom. The number of hydrogen-bond acceptors (Lipinski definition) is 6. The Labute approximate surface area is 179 Å². The molecule has 3 rings (SSSR count). The van der Waals surface area contributed by atoms with Gasteiger partial charge in [0.1, 0.15) is 5.56 Å². The topological polar surface area (TPSA) is 73.9 Å². The summed E-state index contributed by atoms with van der Waals surface area (Å²) in [7, 11) is 2.91. The van der Waals surface area contributed by atoms with Crippen LogP contribution < -0.4 is 14.8 Å². The summed E-state index contributed by atoms with van der Waals surface area (Å²) in [5, 5.41) is 2.80. The van der Waals surface area contributed by atoms with Crippen molar-refractivity contribution in [1.29, 1.82) is 0 Å². The van der Waals surface area contributed by atoms with Gasteiger partial charge in [0.2, 0.25) is 0 Å². The Hall–Kier alpha value is -3.45. The van der Waals surface area contributed by atoms with Crippen molar-refractivity contribution in [2.24, 2.45) is 0 Å². The molecule has 0 unspecified atom stereocenters. The summed E-state index contributed by atoms with van der Waals surface area (Å²) < 4.78 is 15.6. The number of benzene rings is 3. The van der Waals surface area contributed by atoms with Crippen molar-refractivity contribution in [1.82, 2.24) is 0 Å². The second kappa shape index (κ2) is 10.4. The van der Waals surface area contributed by atoms with E-state index in [1.165, 1.54) is 26.0 Å². The molecule has 0 spiro atoms. The van der Waals surface area contributed by atoms with Crippen molar-refractivity contribution >= 4 is 29.3 Å². The first-order chi connectivity index (χ1) is 14.6. The third-order valence-electron chi connectivity index (χ3n) is 4.09. The molecule has 1 N–H and O–H groups in total. The molecule has 30 heavy (non-hydrogen) atoms. The molecule has 7 heteroatoms. The molecule has 6 nitrogen and oxygen atoms in total. The Morgan fingerprint density at radius 2 is 1.60 bits per heavy atom. The maximum absolute atomic E-state index is 12.4. The van der Waals surface area contributed by atoms with E-state index in [9.17, 15) is 9.59 Å². The molecule has 1 amide bonds. The fourth-order valence-corrected chi connectivity index (χ4v) is 3.64. The van der Waals surface area contributed by atoms with Crippen LogP contribution in [0.5, 0.6) is 11.5 Å². The molecule has 3 aromatic carbocycles. The van der Waals surface area contributed by atoms with Crippen molar-refractivity contribution < 1.29 is 23.8 Å². The SMILES string of the molecule is COc1cccc(C(=O)OCC(=O)Nc2ccccc2Sc2ccccc2)c1OC. The van der Waals surface area contributed by atoms with Gasteiger partial charge < -0.3 is 19.5 Å². The lowest BCUT2D eigenvalue weighted by Gasteiger charge is -2.13. The van der Waals surface area contributed by atoms with E-state index in [4.69, 9.17) is 14.2 Å². The minimum absolute atomic E-state index is 0.185. The van der Waals surface area contributed by atoms with Crippen LogP contribution in [0.4, 0.5) is 5.69 Å². The molecule has 154 valence electrons. The van der Waals surface area contributed by atoms with E-state index in [2.05, 4.69) is 5.32 Å². The van der Waals surface area contributed by atoms with Crippen LogP contribution >= 0.6 is 11.8 Å². The van der Waals surface area contributed by atoms with Crippen LogP contribution in [-0.2, 0) is 9.53 Å². The van der Waals surface area contributed by atoms with E-state index in [1.807, 2.05) is 48.5 Å². The lowest BCUT2D eigenvalue weighted by atomic mass is 10.2. The number of carbonyl (C=O) groups excluding carboxylic acids is 2. The van der Waals surface area contributed by atoms with Crippen LogP contribution in [-0.4, -0.2) is 32.7 Å². The van der Waals surface area contributed by atoms with Crippen molar-refractivity contribution in [2.45, 2.75) is 9.79 Å². The number of hydrogen-bond donors (Lipinski definition) is 1. The highest BCUT2D eigenvalue weighted by Gasteiger charge is 2.19. The van der Waals surface area contributed by atoms with Crippen molar-refractivity contribution in [3.05, 3.63) is 78.4 Å². The van der Waals surface area contributed by atoms with Gasteiger partial charge in [0, 0.05) is 9.79 Å². The summed E-state index contributed by atoms with van der Waals surface area (Å²) in [5.41, 5.74) is 0.830. The second-order valence-corrected chi connectivity index (χ2v) is 7.19. The predicted molar refractivity (Wildman–Crippen MR) is 115 cm³/mol. The zero-order valence-corrected chi connectivity index (χ0v) is 17.4. The largest absolute Gasteiger partial charge is 0.493 e. The van der Waals surface area contributed by atoms with Gasteiger partial charge in [-0.3, -0.25) is 4.79 Å². The summed E-state index contributed by atoms with van der Waals surface area (Å²) in [6, 6.07) is 22.2. The van der Waals surface area contributed by atoms with Crippen LogP contribution in [0.2, 0.25) is 0 Å². The lowest BCUT2D eigenvalue weighted by molar-refractivity contribution is -0.119. The molecule has 0 fully saturated rings. The quantitative estimate of drug-likeness (QED) is 0.532. The van der Waals surface area contributed by atoms with Gasteiger partial charge in [-0.15, -0.1) is 0 Å². The van der Waals surface area contributed by atoms with Crippen LogP contribution in [0.15, 0.2) is 82.6 Å². The van der Waals surface area contributed by atoms with Gasteiger partial charge in [0.15, 0.2) is 18.1 Å². The van der Waals surface area contributed by atoms with Gasteiger partial charge in [0.05, 0.1) is 19.9 Å². The molecule has 0 radical (unpaired) electrons. The average molecular weight is 423 g/mol. The molecule has 3 aromatic rings. The summed E-state index contributed by atoms with van der Waals surface area (Å²) in [6.45, 7) is -0.427. The predicted octanol–water partition coefficient (Wildman–Crippen LogP) is 4.65. The number of para-hydroxylation sites is 2. The van der Waals surface area contributed by atoms with Crippen molar-refractivity contribution in [3.8, 4) is 11.5 Å². The zero-order valence-electron chi connectivity index (χ0n) is 16.6. The van der Waals surface area contributed by atoms with E-state index in [1.54, 1.807) is 24.3 Å². The van der Waals surface area contributed by atoms with Crippen LogP contribution in [0.3, 0.4) is 0 Å². The molecule has 0 aromatic heterocycles. The van der Waals surface area contributed by atoms with Crippen LogP contribution in [0.1, 0.15) is 10.4 Å². The van der Waals surface area contributed by atoms with Gasteiger partial charge in [0.25, 0.3) is 5.91 Å². The van der Waals surface area contributed by atoms with Gasteiger partial charge in [-0.25, -0.2) is 4.79 Å². The van der Waals surface area contributed by atoms with Gasteiger partial charge in [-0.1, -0.05) is 48.2 Å². The zero-order chi connectivity index (χ0) is 21.3. The fourth-order valence-electron chi connectivity index (χ4n) is 2.72. The number of carbonyl (C=O) groups is 2. The first-order valence-corrected chi connectivity index (χ1v) is 9.94.